The molecule has 0 amide bonds. The molecule has 0 aromatic heterocycles. The molecule has 0 atom stereocenters. The van der Waals surface area contributed by atoms with E-state index in [4.69, 9.17) is 5.26 Å². The second-order valence-corrected chi connectivity index (χ2v) is 7.55. The SMILES string of the molecule is N#Cc1ccc(SC2CCN(CCc3ccc(F)cc3)CC2)cc1. The number of nitrogens with zero attached hydrogens (tertiary/aromatic N) is 2. The lowest BCUT2D eigenvalue weighted by Gasteiger charge is -2.31. The van der Waals surface area contributed by atoms with E-state index in [1.165, 1.54) is 35.4 Å². The van der Waals surface area contributed by atoms with Gasteiger partial charge < -0.3 is 4.90 Å². The van der Waals surface area contributed by atoms with Crippen molar-refractivity contribution in [3.63, 3.8) is 0 Å². The first-order valence-electron chi connectivity index (χ1n) is 8.36. The Balaban J connectivity index is 1.42. The Morgan fingerprint density at radius 2 is 1.71 bits per heavy atom. The van der Waals surface area contributed by atoms with Gasteiger partial charge in [0.15, 0.2) is 0 Å². The van der Waals surface area contributed by atoms with E-state index >= 15 is 0 Å². The van der Waals surface area contributed by atoms with E-state index in [9.17, 15) is 4.39 Å². The van der Waals surface area contributed by atoms with Gasteiger partial charge in [-0.1, -0.05) is 12.1 Å². The van der Waals surface area contributed by atoms with Gasteiger partial charge in [-0.05, 0) is 74.3 Å². The number of piperidine rings is 1. The lowest BCUT2D eigenvalue weighted by Crippen LogP contribution is -2.36. The normalized spacial score (nSPS) is 16.0. The average molecular weight is 340 g/mol. The van der Waals surface area contributed by atoms with Crippen molar-refractivity contribution in [1.29, 1.82) is 5.26 Å². The fourth-order valence-corrected chi connectivity index (χ4v) is 4.11. The molecule has 2 aromatic carbocycles. The van der Waals surface area contributed by atoms with E-state index in [1.54, 1.807) is 0 Å². The van der Waals surface area contributed by atoms with Gasteiger partial charge in [-0.2, -0.15) is 5.26 Å². The molecular formula is C20H21FN2S. The van der Waals surface area contributed by atoms with Gasteiger partial charge in [0, 0.05) is 16.7 Å². The molecule has 2 aromatic rings. The molecule has 0 spiro atoms. The summed E-state index contributed by atoms with van der Waals surface area (Å²) in [5, 5.41) is 9.50. The van der Waals surface area contributed by atoms with Crippen LogP contribution < -0.4 is 0 Å². The maximum Gasteiger partial charge on any atom is 0.123 e. The molecule has 0 bridgehead atoms. The van der Waals surface area contributed by atoms with Crippen LogP contribution in [0.3, 0.4) is 0 Å². The lowest BCUT2D eigenvalue weighted by atomic mass is 10.1. The first kappa shape index (κ1) is 17.0. The maximum atomic E-state index is 12.9. The van der Waals surface area contributed by atoms with Crippen LogP contribution in [0.15, 0.2) is 53.4 Å². The van der Waals surface area contributed by atoms with E-state index in [-0.39, 0.29) is 5.82 Å². The van der Waals surface area contributed by atoms with E-state index in [0.717, 1.165) is 31.6 Å². The molecule has 24 heavy (non-hydrogen) atoms. The van der Waals surface area contributed by atoms with Crippen LogP contribution in [0.25, 0.3) is 0 Å². The molecule has 0 N–H and O–H groups in total. The summed E-state index contributed by atoms with van der Waals surface area (Å²) in [6.07, 6.45) is 3.36. The van der Waals surface area contributed by atoms with Gasteiger partial charge in [0.25, 0.3) is 0 Å². The fourth-order valence-electron chi connectivity index (χ4n) is 2.99. The highest BCUT2D eigenvalue weighted by Crippen LogP contribution is 2.30. The van der Waals surface area contributed by atoms with Gasteiger partial charge in [0.05, 0.1) is 11.6 Å². The van der Waals surface area contributed by atoms with Gasteiger partial charge >= 0.3 is 0 Å². The fraction of sp³-hybridized carbons (Fsp3) is 0.350. The van der Waals surface area contributed by atoms with Crippen LogP contribution in [-0.2, 0) is 6.42 Å². The molecule has 2 nitrogen and oxygen atoms in total. The van der Waals surface area contributed by atoms with Gasteiger partial charge in [-0.25, -0.2) is 4.39 Å². The molecule has 3 rings (SSSR count). The molecule has 4 heteroatoms. The van der Waals surface area contributed by atoms with Gasteiger partial charge in [-0.15, -0.1) is 11.8 Å². The third-order valence-electron chi connectivity index (χ3n) is 4.45. The summed E-state index contributed by atoms with van der Waals surface area (Å²) in [5.41, 5.74) is 1.92. The quantitative estimate of drug-likeness (QED) is 0.802. The summed E-state index contributed by atoms with van der Waals surface area (Å²) >= 11 is 1.92. The predicted molar refractivity (Wildman–Crippen MR) is 96.6 cm³/mol. The van der Waals surface area contributed by atoms with Crippen molar-refractivity contribution in [2.24, 2.45) is 0 Å². The number of thioether (sulfide) groups is 1. The van der Waals surface area contributed by atoms with Crippen molar-refractivity contribution in [1.82, 2.24) is 4.90 Å². The van der Waals surface area contributed by atoms with E-state index in [1.807, 2.05) is 48.2 Å². The van der Waals surface area contributed by atoms with Gasteiger partial charge in [0.2, 0.25) is 0 Å². The molecule has 0 aliphatic carbocycles. The number of hydrogen-bond donors (Lipinski definition) is 0. The van der Waals surface area contributed by atoms with Crippen LogP contribution >= 0.6 is 11.8 Å². The van der Waals surface area contributed by atoms with Crippen molar-refractivity contribution in [3.8, 4) is 6.07 Å². The molecule has 1 aliphatic heterocycles. The standard InChI is InChI=1S/C20H21FN2S/c21-18-5-1-16(2-6-18)9-12-23-13-10-20(11-14-23)24-19-7-3-17(15-22)4-8-19/h1-8,20H,9-14H2. The molecule has 1 heterocycles. The Morgan fingerprint density at radius 1 is 1.04 bits per heavy atom. The van der Waals surface area contributed by atoms with Crippen LogP contribution in [0.1, 0.15) is 24.0 Å². The van der Waals surface area contributed by atoms with Gasteiger partial charge in [0.1, 0.15) is 5.82 Å². The average Bonchev–Trinajstić information content (AvgIpc) is 2.63. The third-order valence-corrected chi connectivity index (χ3v) is 5.80. The molecular weight excluding hydrogens is 319 g/mol. The van der Waals surface area contributed by atoms with Crippen molar-refractivity contribution < 1.29 is 4.39 Å². The highest BCUT2D eigenvalue weighted by atomic mass is 32.2. The second-order valence-electron chi connectivity index (χ2n) is 6.17. The maximum absolute atomic E-state index is 12.9. The highest BCUT2D eigenvalue weighted by Gasteiger charge is 2.19. The summed E-state index contributed by atoms with van der Waals surface area (Å²) in [6, 6.07) is 16.9. The van der Waals surface area contributed by atoms with E-state index < -0.39 is 0 Å². The largest absolute Gasteiger partial charge is 0.303 e. The van der Waals surface area contributed by atoms with Crippen molar-refractivity contribution >= 4 is 11.8 Å². The van der Waals surface area contributed by atoms with Crippen molar-refractivity contribution in [2.45, 2.75) is 29.4 Å². The molecule has 0 radical (unpaired) electrons. The summed E-state index contributed by atoms with van der Waals surface area (Å²) < 4.78 is 12.9. The monoisotopic (exact) mass is 340 g/mol. The number of halogens is 1. The smallest absolute Gasteiger partial charge is 0.123 e. The zero-order chi connectivity index (χ0) is 16.8. The first-order valence-corrected chi connectivity index (χ1v) is 9.24. The Kier molecular flexibility index (Phi) is 5.90. The number of nitriles is 1. The van der Waals surface area contributed by atoms with Crippen LogP contribution in [0.2, 0.25) is 0 Å². The number of benzene rings is 2. The van der Waals surface area contributed by atoms with Crippen LogP contribution in [-0.4, -0.2) is 29.8 Å². The van der Waals surface area contributed by atoms with Crippen molar-refractivity contribution in [3.05, 3.63) is 65.5 Å². The third kappa shape index (κ3) is 4.83. The second kappa shape index (κ2) is 8.32. The Morgan fingerprint density at radius 3 is 2.33 bits per heavy atom. The van der Waals surface area contributed by atoms with E-state index in [2.05, 4.69) is 11.0 Å². The summed E-state index contributed by atoms with van der Waals surface area (Å²) in [4.78, 5) is 3.75. The van der Waals surface area contributed by atoms with E-state index in [0.29, 0.717) is 5.25 Å². The zero-order valence-corrected chi connectivity index (χ0v) is 14.4. The Hall–Kier alpha value is -1.83. The lowest BCUT2D eigenvalue weighted by molar-refractivity contribution is 0.235. The molecule has 0 saturated carbocycles. The molecule has 1 saturated heterocycles. The Labute approximate surface area is 147 Å². The van der Waals surface area contributed by atoms with Crippen LogP contribution in [0.4, 0.5) is 4.39 Å². The minimum atomic E-state index is -0.167. The number of hydrogen-bond acceptors (Lipinski definition) is 3. The zero-order valence-electron chi connectivity index (χ0n) is 13.6. The predicted octanol–water partition coefficient (Wildman–Crippen LogP) is 4.50. The first-order chi connectivity index (χ1) is 11.7. The van der Waals surface area contributed by atoms with Crippen LogP contribution in [0.5, 0.6) is 0 Å². The number of rotatable bonds is 5. The highest BCUT2D eigenvalue weighted by molar-refractivity contribution is 8.00. The minimum absolute atomic E-state index is 0.167. The summed E-state index contributed by atoms with van der Waals surface area (Å²) in [7, 11) is 0. The van der Waals surface area contributed by atoms with Gasteiger partial charge in [-0.3, -0.25) is 0 Å². The summed E-state index contributed by atoms with van der Waals surface area (Å²) in [6.45, 7) is 3.28. The minimum Gasteiger partial charge on any atom is -0.303 e. The summed E-state index contributed by atoms with van der Waals surface area (Å²) in [5.74, 6) is -0.167. The Bertz CT molecular complexity index is 683. The number of likely N-dealkylation sites (tertiary alicyclic amines) is 1. The molecule has 1 fully saturated rings. The molecule has 0 unspecified atom stereocenters. The molecule has 124 valence electrons. The van der Waals surface area contributed by atoms with Crippen molar-refractivity contribution in [2.75, 3.05) is 19.6 Å². The van der Waals surface area contributed by atoms with Crippen LogP contribution in [0, 0.1) is 17.1 Å². The molecule has 1 aliphatic rings. The topological polar surface area (TPSA) is 27.0 Å².